The second kappa shape index (κ2) is 5.96. The van der Waals surface area contributed by atoms with Crippen molar-refractivity contribution in [3.05, 3.63) is 28.8 Å². The quantitative estimate of drug-likeness (QED) is 0.841. The summed E-state index contributed by atoms with van der Waals surface area (Å²) in [5, 5.41) is 6.34. The molecule has 0 aromatic heterocycles. The maximum atomic E-state index is 12.5. The molecule has 3 rings (SSSR count). The lowest BCUT2D eigenvalue weighted by atomic mass is 9.91. The highest BCUT2D eigenvalue weighted by Crippen LogP contribution is 2.58. The third-order valence-electron chi connectivity index (χ3n) is 5.45. The minimum absolute atomic E-state index is 0.0750. The summed E-state index contributed by atoms with van der Waals surface area (Å²) in [5.41, 5.74) is 3.25. The van der Waals surface area contributed by atoms with Gasteiger partial charge in [0.05, 0.1) is 12.7 Å². The van der Waals surface area contributed by atoms with E-state index < -0.39 is 0 Å². The molecule has 1 saturated heterocycles. The number of anilines is 1. The van der Waals surface area contributed by atoms with Crippen molar-refractivity contribution in [3.8, 4) is 0 Å². The number of amides is 1. The molecule has 1 saturated carbocycles. The maximum Gasteiger partial charge on any atom is 0.338 e. The van der Waals surface area contributed by atoms with Crippen molar-refractivity contribution in [3.63, 3.8) is 0 Å². The molecular formula is C18H24N2O3. The van der Waals surface area contributed by atoms with Crippen LogP contribution in [0.1, 0.15) is 40.7 Å². The number of carbonyl (C=O) groups is 2. The summed E-state index contributed by atoms with van der Waals surface area (Å²) >= 11 is 0. The van der Waals surface area contributed by atoms with E-state index in [-0.39, 0.29) is 23.2 Å². The molecule has 1 heterocycles. The molecule has 1 unspecified atom stereocenters. The molecule has 5 heteroatoms. The van der Waals surface area contributed by atoms with E-state index in [1.165, 1.54) is 7.11 Å². The molecule has 1 aliphatic heterocycles. The number of ether oxygens (including phenoxy) is 1. The van der Waals surface area contributed by atoms with E-state index in [0.29, 0.717) is 11.3 Å². The predicted molar refractivity (Wildman–Crippen MR) is 88.5 cm³/mol. The molecule has 2 N–H and O–H groups in total. The Bertz CT molecular complexity index is 648. The molecule has 5 nitrogen and oxygen atoms in total. The highest BCUT2D eigenvalue weighted by Gasteiger charge is 2.57. The average molecular weight is 316 g/mol. The largest absolute Gasteiger partial charge is 0.465 e. The first-order valence-corrected chi connectivity index (χ1v) is 8.18. The maximum absolute atomic E-state index is 12.5. The van der Waals surface area contributed by atoms with Gasteiger partial charge < -0.3 is 15.4 Å². The summed E-state index contributed by atoms with van der Waals surface area (Å²) < 4.78 is 4.82. The number of nitrogens with one attached hydrogen (secondary N) is 2. The van der Waals surface area contributed by atoms with Gasteiger partial charge in [0.25, 0.3) is 0 Å². The molecule has 0 bridgehead atoms. The van der Waals surface area contributed by atoms with Crippen molar-refractivity contribution in [1.82, 2.24) is 5.32 Å². The third-order valence-corrected chi connectivity index (χ3v) is 5.45. The van der Waals surface area contributed by atoms with E-state index in [1.807, 2.05) is 19.9 Å². The zero-order valence-electron chi connectivity index (χ0n) is 14.0. The fraction of sp³-hybridized carbons (Fsp3) is 0.556. The Hall–Kier alpha value is -1.88. The minimum atomic E-state index is -0.372. The van der Waals surface area contributed by atoms with Crippen LogP contribution in [-0.2, 0) is 9.53 Å². The average Bonchev–Trinajstić information content (AvgIpc) is 3.24. The van der Waals surface area contributed by atoms with Gasteiger partial charge >= 0.3 is 5.97 Å². The summed E-state index contributed by atoms with van der Waals surface area (Å²) in [6.07, 6.45) is 3.13. The van der Waals surface area contributed by atoms with Gasteiger partial charge in [0.1, 0.15) is 0 Å². The zero-order valence-corrected chi connectivity index (χ0v) is 14.0. The van der Waals surface area contributed by atoms with E-state index in [9.17, 15) is 9.59 Å². The molecule has 1 aliphatic carbocycles. The molecule has 1 aromatic carbocycles. The number of hydrogen-bond donors (Lipinski definition) is 2. The Kier molecular flexibility index (Phi) is 4.15. The van der Waals surface area contributed by atoms with Crippen molar-refractivity contribution in [1.29, 1.82) is 0 Å². The molecule has 1 aromatic rings. The Morgan fingerprint density at radius 3 is 2.61 bits per heavy atom. The van der Waals surface area contributed by atoms with E-state index >= 15 is 0 Å². The van der Waals surface area contributed by atoms with E-state index in [1.54, 1.807) is 6.07 Å². The molecular weight excluding hydrogens is 292 g/mol. The Morgan fingerprint density at radius 2 is 1.96 bits per heavy atom. The molecule has 23 heavy (non-hydrogen) atoms. The van der Waals surface area contributed by atoms with Crippen LogP contribution in [0, 0.1) is 25.2 Å². The van der Waals surface area contributed by atoms with Gasteiger partial charge in [-0.05, 0) is 74.9 Å². The van der Waals surface area contributed by atoms with Gasteiger partial charge in [-0.25, -0.2) is 4.79 Å². The molecule has 1 atom stereocenters. The summed E-state index contributed by atoms with van der Waals surface area (Å²) in [6.45, 7) is 5.82. The van der Waals surface area contributed by atoms with Gasteiger partial charge in [0.15, 0.2) is 0 Å². The molecule has 124 valence electrons. The molecule has 1 spiro atoms. The van der Waals surface area contributed by atoms with E-state index in [2.05, 4.69) is 10.6 Å². The SMILES string of the molecule is COC(=O)c1cc(NC(=O)C2CC23CCNCC3)cc(C)c1C. The Labute approximate surface area is 136 Å². The second-order valence-corrected chi connectivity index (χ2v) is 6.82. The first-order valence-electron chi connectivity index (χ1n) is 8.18. The minimum Gasteiger partial charge on any atom is -0.465 e. The van der Waals surface area contributed by atoms with Gasteiger partial charge in [-0.1, -0.05) is 0 Å². The monoisotopic (exact) mass is 316 g/mol. The van der Waals surface area contributed by atoms with Crippen LogP contribution in [0.15, 0.2) is 12.1 Å². The zero-order chi connectivity index (χ0) is 16.6. The van der Waals surface area contributed by atoms with Gasteiger partial charge in [-0.2, -0.15) is 0 Å². The molecule has 2 aliphatic rings. The van der Waals surface area contributed by atoms with Crippen molar-refractivity contribution in [2.75, 3.05) is 25.5 Å². The number of carbonyl (C=O) groups excluding carboxylic acids is 2. The van der Waals surface area contributed by atoms with Crippen LogP contribution in [0.25, 0.3) is 0 Å². The van der Waals surface area contributed by atoms with Crippen LogP contribution in [0.4, 0.5) is 5.69 Å². The molecule has 0 radical (unpaired) electrons. The number of piperidine rings is 1. The molecule has 2 fully saturated rings. The van der Waals surface area contributed by atoms with Gasteiger partial charge in [0, 0.05) is 11.6 Å². The smallest absolute Gasteiger partial charge is 0.338 e. The number of aryl methyl sites for hydroxylation is 1. The summed E-state index contributed by atoms with van der Waals surface area (Å²) in [7, 11) is 1.37. The fourth-order valence-corrected chi connectivity index (χ4v) is 3.68. The van der Waals surface area contributed by atoms with Crippen molar-refractivity contribution in [2.45, 2.75) is 33.1 Å². The normalized spacial score (nSPS) is 21.8. The van der Waals surface area contributed by atoms with Crippen molar-refractivity contribution < 1.29 is 14.3 Å². The number of methoxy groups -OCH3 is 1. The van der Waals surface area contributed by atoms with E-state index in [0.717, 1.165) is 43.5 Å². The van der Waals surface area contributed by atoms with Crippen LogP contribution in [0.2, 0.25) is 0 Å². The Balaban J connectivity index is 1.74. The topological polar surface area (TPSA) is 67.4 Å². The number of benzene rings is 1. The second-order valence-electron chi connectivity index (χ2n) is 6.82. The number of rotatable bonds is 3. The fourth-order valence-electron chi connectivity index (χ4n) is 3.68. The summed E-state index contributed by atoms with van der Waals surface area (Å²) in [6, 6.07) is 3.63. The predicted octanol–water partition coefficient (Wildman–Crippen LogP) is 2.42. The summed E-state index contributed by atoms with van der Waals surface area (Å²) in [4.78, 5) is 24.4. The Morgan fingerprint density at radius 1 is 1.26 bits per heavy atom. The third kappa shape index (κ3) is 2.98. The van der Waals surface area contributed by atoms with Crippen molar-refractivity contribution in [2.24, 2.45) is 11.3 Å². The highest BCUT2D eigenvalue weighted by molar-refractivity contribution is 5.98. The van der Waals surface area contributed by atoms with Crippen LogP contribution >= 0.6 is 0 Å². The van der Waals surface area contributed by atoms with Gasteiger partial charge in [0.2, 0.25) is 5.91 Å². The first-order chi connectivity index (χ1) is 11.0. The van der Waals surface area contributed by atoms with E-state index in [4.69, 9.17) is 4.74 Å². The van der Waals surface area contributed by atoms with Gasteiger partial charge in [-0.15, -0.1) is 0 Å². The standard InChI is InChI=1S/C18H24N2O3/c1-11-8-13(9-14(12(11)2)17(22)23-3)20-16(21)15-10-18(15)4-6-19-7-5-18/h8-9,15,19H,4-7,10H2,1-3H3,(H,20,21). The number of hydrogen-bond acceptors (Lipinski definition) is 4. The lowest BCUT2D eigenvalue weighted by molar-refractivity contribution is -0.118. The lowest BCUT2D eigenvalue weighted by Crippen LogP contribution is -2.31. The lowest BCUT2D eigenvalue weighted by Gasteiger charge is -2.23. The summed E-state index contributed by atoms with van der Waals surface area (Å²) in [5.74, 6) is -0.193. The first kappa shape index (κ1) is 16.0. The number of esters is 1. The van der Waals surface area contributed by atoms with Crippen LogP contribution in [0.5, 0.6) is 0 Å². The van der Waals surface area contributed by atoms with Crippen LogP contribution in [0.3, 0.4) is 0 Å². The molecule has 1 amide bonds. The highest BCUT2D eigenvalue weighted by atomic mass is 16.5. The van der Waals surface area contributed by atoms with Crippen molar-refractivity contribution >= 4 is 17.6 Å². The van der Waals surface area contributed by atoms with Crippen LogP contribution in [-0.4, -0.2) is 32.1 Å². The van der Waals surface area contributed by atoms with Crippen LogP contribution < -0.4 is 10.6 Å². The van der Waals surface area contributed by atoms with Gasteiger partial charge in [-0.3, -0.25) is 4.79 Å².